The van der Waals surface area contributed by atoms with E-state index >= 15 is 0 Å². The van der Waals surface area contributed by atoms with E-state index in [-0.39, 0.29) is 0 Å². The first-order chi connectivity index (χ1) is 17.3. The van der Waals surface area contributed by atoms with E-state index in [0.29, 0.717) is 0 Å². The predicted octanol–water partition coefficient (Wildman–Crippen LogP) is 9.40. The second-order valence-electron chi connectivity index (χ2n) is 9.93. The Kier molecular flexibility index (Phi) is 12.5. The Morgan fingerprint density at radius 3 is 1.51 bits per heavy atom. The van der Waals surface area contributed by atoms with Gasteiger partial charge >= 0.3 is 0 Å². The number of aromatic nitrogens is 3. The lowest BCUT2D eigenvalue weighted by Gasteiger charge is -2.06. The molecule has 1 aromatic carbocycles. The van der Waals surface area contributed by atoms with Gasteiger partial charge in [0, 0.05) is 29.7 Å². The van der Waals surface area contributed by atoms with Gasteiger partial charge in [-0.25, -0.2) is 9.97 Å². The van der Waals surface area contributed by atoms with Crippen molar-refractivity contribution < 1.29 is 0 Å². The summed E-state index contributed by atoms with van der Waals surface area (Å²) in [6.45, 7) is 4.54. The number of benzene rings is 1. The Bertz CT molecular complexity index is 930. The van der Waals surface area contributed by atoms with Gasteiger partial charge in [-0.3, -0.25) is 4.98 Å². The minimum atomic E-state index is 0.751. The first kappa shape index (κ1) is 27.0. The van der Waals surface area contributed by atoms with Crippen LogP contribution in [0, 0.1) is 0 Å². The lowest BCUT2D eigenvalue weighted by Crippen LogP contribution is -1.94. The van der Waals surface area contributed by atoms with Gasteiger partial charge < -0.3 is 0 Å². The van der Waals surface area contributed by atoms with Gasteiger partial charge in [-0.2, -0.15) is 0 Å². The summed E-state index contributed by atoms with van der Waals surface area (Å²) in [5.74, 6) is 0.751. The Morgan fingerprint density at radius 2 is 0.971 bits per heavy atom. The topological polar surface area (TPSA) is 38.7 Å². The van der Waals surface area contributed by atoms with E-state index in [9.17, 15) is 0 Å². The molecule has 3 heteroatoms. The van der Waals surface area contributed by atoms with Gasteiger partial charge in [-0.15, -0.1) is 0 Å². The molecule has 0 N–H and O–H groups in total. The van der Waals surface area contributed by atoms with Crippen molar-refractivity contribution in [1.29, 1.82) is 0 Å². The van der Waals surface area contributed by atoms with Crippen molar-refractivity contribution in [3.8, 4) is 22.6 Å². The number of nitrogens with zero attached hydrogens (tertiary/aromatic N) is 3. The van der Waals surface area contributed by atoms with Crippen LogP contribution in [0.15, 0.2) is 55.0 Å². The first-order valence-electron chi connectivity index (χ1n) is 14.2. The fraction of sp³-hybridized carbons (Fsp3) is 0.531. The second-order valence-corrected chi connectivity index (χ2v) is 9.93. The summed E-state index contributed by atoms with van der Waals surface area (Å²) in [7, 11) is 0. The van der Waals surface area contributed by atoms with E-state index in [2.05, 4.69) is 60.2 Å². The number of aryl methyl sites for hydroxylation is 2. The molecule has 0 spiro atoms. The van der Waals surface area contributed by atoms with Crippen molar-refractivity contribution in [2.24, 2.45) is 0 Å². The molecule has 0 aliphatic carbocycles. The van der Waals surface area contributed by atoms with Crippen molar-refractivity contribution in [3.05, 3.63) is 66.1 Å². The van der Waals surface area contributed by atoms with E-state index in [0.717, 1.165) is 29.1 Å². The SMILES string of the molecule is CCCCCCCCCc1ccc(-c2ccc(-c3ncc(CCCCCCCC)cn3)cn2)cc1. The molecule has 0 saturated heterocycles. The summed E-state index contributed by atoms with van der Waals surface area (Å²) in [5, 5.41) is 0. The maximum Gasteiger partial charge on any atom is 0.160 e. The molecular formula is C32H45N3. The predicted molar refractivity (Wildman–Crippen MR) is 149 cm³/mol. The normalized spacial score (nSPS) is 11.1. The Hall–Kier alpha value is -2.55. The van der Waals surface area contributed by atoms with Gasteiger partial charge in [0.25, 0.3) is 0 Å². The number of pyridine rings is 1. The molecule has 0 saturated carbocycles. The second kappa shape index (κ2) is 16.2. The van der Waals surface area contributed by atoms with Crippen molar-refractivity contribution in [2.45, 2.75) is 110 Å². The van der Waals surface area contributed by atoms with Crippen LogP contribution in [0.3, 0.4) is 0 Å². The lowest BCUT2D eigenvalue weighted by atomic mass is 10.0. The molecule has 0 atom stereocenters. The zero-order chi connectivity index (χ0) is 24.6. The summed E-state index contributed by atoms with van der Waals surface area (Å²) in [6, 6.07) is 13.1. The highest BCUT2D eigenvalue weighted by Crippen LogP contribution is 2.22. The average Bonchev–Trinajstić information content (AvgIpc) is 2.91. The van der Waals surface area contributed by atoms with Crippen LogP contribution in [0.4, 0.5) is 0 Å². The summed E-state index contributed by atoms with van der Waals surface area (Å²) in [5.41, 5.74) is 5.78. The number of rotatable bonds is 17. The van der Waals surface area contributed by atoms with Crippen LogP contribution in [-0.4, -0.2) is 15.0 Å². The van der Waals surface area contributed by atoms with Gasteiger partial charge in [-0.05, 0) is 48.9 Å². The molecule has 0 radical (unpaired) electrons. The van der Waals surface area contributed by atoms with E-state index < -0.39 is 0 Å². The molecule has 188 valence electrons. The molecule has 0 fully saturated rings. The Balaban J connectivity index is 1.43. The van der Waals surface area contributed by atoms with Crippen LogP contribution in [0.25, 0.3) is 22.6 Å². The molecule has 35 heavy (non-hydrogen) atoms. The fourth-order valence-corrected chi connectivity index (χ4v) is 4.57. The van der Waals surface area contributed by atoms with Crippen LogP contribution < -0.4 is 0 Å². The molecule has 2 heterocycles. The molecule has 2 aromatic heterocycles. The maximum atomic E-state index is 4.69. The number of unbranched alkanes of at least 4 members (excludes halogenated alkanes) is 11. The van der Waals surface area contributed by atoms with Crippen LogP contribution in [0.1, 0.15) is 108 Å². The minimum absolute atomic E-state index is 0.751. The quantitative estimate of drug-likeness (QED) is 0.184. The van der Waals surface area contributed by atoms with Gasteiger partial charge in [0.05, 0.1) is 5.69 Å². The Morgan fingerprint density at radius 1 is 0.457 bits per heavy atom. The lowest BCUT2D eigenvalue weighted by molar-refractivity contribution is 0.589. The minimum Gasteiger partial charge on any atom is -0.255 e. The number of hydrogen-bond acceptors (Lipinski definition) is 3. The van der Waals surface area contributed by atoms with Crippen LogP contribution >= 0.6 is 0 Å². The molecule has 0 unspecified atom stereocenters. The van der Waals surface area contributed by atoms with Crippen molar-refractivity contribution >= 4 is 0 Å². The highest BCUT2D eigenvalue weighted by molar-refractivity contribution is 5.63. The first-order valence-corrected chi connectivity index (χ1v) is 14.2. The van der Waals surface area contributed by atoms with Gasteiger partial charge in [0.2, 0.25) is 0 Å². The van der Waals surface area contributed by atoms with Gasteiger partial charge in [0.15, 0.2) is 5.82 Å². The third-order valence-corrected chi connectivity index (χ3v) is 6.86. The summed E-state index contributed by atoms with van der Waals surface area (Å²) in [6.07, 6.45) is 25.5. The summed E-state index contributed by atoms with van der Waals surface area (Å²) in [4.78, 5) is 13.9. The number of hydrogen-bond donors (Lipinski definition) is 0. The molecule has 0 bridgehead atoms. The van der Waals surface area contributed by atoms with Crippen molar-refractivity contribution in [2.75, 3.05) is 0 Å². The molecule has 3 aromatic rings. The molecule has 0 aliphatic rings. The third kappa shape index (κ3) is 9.92. The molecule has 0 aliphatic heterocycles. The van der Waals surface area contributed by atoms with E-state index in [1.807, 2.05) is 18.6 Å². The zero-order valence-electron chi connectivity index (χ0n) is 22.1. The average molecular weight is 472 g/mol. The molecular weight excluding hydrogens is 426 g/mol. The summed E-state index contributed by atoms with van der Waals surface area (Å²) < 4.78 is 0. The molecule has 0 amide bonds. The van der Waals surface area contributed by atoms with Crippen molar-refractivity contribution in [1.82, 2.24) is 15.0 Å². The third-order valence-electron chi connectivity index (χ3n) is 6.86. The monoisotopic (exact) mass is 471 g/mol. The fourth-order valence-electron chi connectivity index (χ4n) is 4.57. The van der Waals surface area contributed by atoms with E-state index in [1.165, 1.54) is 101 Å². The largest absolute Gasteiger partial charge is 0.255 e. The highest BCUT2D eigenvalue weighted by atomic mass is 14.9. The Labute approximate surface area is 213 Å². The standard InChI is InChI=1S/C32H45N3/c1-3-5-7-9-11-13-14-16-27-18-20-29(21-19-27)31-23-22-30(26-33-31)32-34-24-28(25-35-32)17-15-12-10-8-6-4-2/h18-26H,3-17H2,1-2H3. The van der Waals surface area contributed by atoms with Crippen LogP contribution in [0.5, 0.6) is 0 Å². The van der Waals surface area contributed by atoms with E-state index in [1.54, 1.807) is 0 Å². The van der Waals surface area contributed by atoms with Crippen molar-refractivity contribution in [3.63, 3.8) is 0 Å². The van der Waals surface area contributed by atoms with Gasteiger partial charge in [-0.1, -0.05) is 109 Å². The highest BCUT2D eigenvalue weighted by Gasteiger charge is 2.05. The molecule has 3 nitrogen and oxygen atoms in total. The summed E-state index contributed by atoms with van der Waals surface area (Å²) >= 11 is 0. The van der Waals surface area contributed by atoms with E-state index in [4.69, 9.17) is 4.98 Å². The smallest absolute Gasteiger partial charge is 0.160 e. The maximum absolute atomic E-state index is 4.69. The molecule has 3 rings (SSSR count). The van der Waals surface area contributed by atoms with Crippen LogP contribution in [0.2, 0.25) is 0 Å². The van der Waals surface area contributed by atoms with Crippen LogP contribution in [-0.2, 0) is 12.8 Å². The zero-order valence-corrected chi connectivity index (χ0v) is 22.1. The van der Waals surface area contributed by atoms with Gasteiger partial charge in [0.1, 0.15) is 0 Å².